The Morgan fingerprint density at radius 2 is 2.15 bits per heavy atom. The molecule has 13 heavy (non-hydrogen) atoms. The van der Waals surface area contributed by atoms with Crippen molar-refractivity contribution in [3.05, 3.63) is 17.5 Å². The van der Waals surface area contributed by atoms with Gasteiger partial charge in [-0.1, -0.05) is 5.16 Å². The van der Waals surface area contributed by atoms with Crippen LogP contribution in [0.25, 0.3) is 0 Å². The summed E-state index contributed by atoms with van der Waals surface area (Å²) in [5.74, 6) is 0.434. The molecule has 0 radical (unpaired) electrons. The normalized spacial score (nSPS) is 11.4. The van der Waals surface area contributed by atoms with Gasteiger partial charge in [0.15, 0.2) is 5.69 Å². The Balaban J connectivity index is 2.70. The maximum Gasteiger partial charge on any atom is 0.273 e. The summed E-state index contributed by atoms with van der Waals surface area (Å²) in [4.78, 5) is 11.4. The molecule has 0 saturated heterocycles. The summed E-state index contributed by atoms with van der Waals surface area (Å²) >= 11 is 0. The number of carbonyl (C=O) groups excluding carboxylic acids is 1. The van der Waals surface area contributed by atoms with Gasteiger partial charge < -0.3 is 9.84 Å². The minimum absolute atomic E-state index is 0.204. The van der Waals surface area contributed by atoms with E-state index in [1.165, 1.54) is 0 Å². The molecule has 1 N–H and O–H groups in total. The number of carbonyl (C=O) groups is 1. The average molecular weight is 182 g/mol. The molecule has 0 fully saturated rings. The van der Waals surface area contributed by atoms with Crippen LogP contribution >= 0.6 is 0 Å². The van der Waals surface area contributed by atoms with Crippen molar-refractivity contribution in [1.82, 2.24) is 10.5 Å². The molecule has 4 nitrogen and oxygen atoms in total. The largest absolute Gasteiger partial charge is 0.361 e. The maximum atomic E-state index is 11.4. The quantitative estimate of drug-likeness (QED) is 0.716. The standard InChI is InChI=1S/C9H14N2O2/c1-6-5-7(11-13-6)8(12)10-9(2,3)4/h5H,1-4H3,(H,10,12). The fraction of sp³-hybridized carbons (Fsp3) is 0.556. The Bertz CT molecular complexity index is 310. The highest BCUT2D eigenvalue weighted by atomic mass is 16.5. The monoisotopic (exact) mass is 182 g/mol. The van der Waals surface area contributed by atoms with Gasteiger partial charge in [-0.3, -0.25) is 4.79 Å². The van der Waals surface area contributed by atoms with Crippen molar-refractivity contribution in [2.24, 2.45) is 0 Å². The van der Waals surface area contributed by atoms with E-state index in [0.717, 1.165) is 0 Å². The van der Waals surface area contributed by atoms with Gasteiger partial charge in [0.25, 0.3) is 5.91 Å². The first-order chi connectivity index (χ1) is 5.88. The zero-order valence-corrected chi connectivity index (χ0v) is 8.34. The van der Waals surface area contributed by atoms with E-state index < -0.39 is 0 Å². The van der Waals surface area contributed by atoms with Gasteiger partial charge in [-0.15, -0.1) is 0 Å². The predicted octanol–water partition coefficient (Wildman–Crippen LogP) is 1.51. The van der Waals surface area contributed by atoms with Crippen LogP contribution in [0.2, 0.25) is 0 Å². The summed E-state index contributed by atoms with van der Waals surface area (Å²) in [6.45, 7) is 7.49. The van der Waals surface area contributed by atoms with E-state index in [0.29, 0.717) is 11.5 Å². The van der Waals surface area contributed by atoms with Gasteiger partial charge in [-0.2, -0.15) is 0 Å². The number of rotatable bonds is 1. The molecule has 1 aromatic rings. The van der Waals surface area contributed by atoms with E-state index in [9.17, 15) is 4.79 Å². The summed E-state index contributed by atoms with van der Waals surface area (Å²) < 4.78 is 4.79. The van der Waals surface area contributed by atoms with Crippen LogP contribution in [-0.4, -0.2) is 16.6 Å². The molecule has 0 aliphatic carbocycles. The van der Waals surface area contributed by atoms with Gasteiger partial charge in [0.05, 0.1) is 0 Å². The number of hydrogen-bond donors (Lipinski definition) is 1. The minimum atomic E-state index is -0.246. The Kier molecular flexibility index (Phi) is 2.40. The van der Waals surface area contributed by atoms with Crippen LogP contribution in [-0.2, 0) is 0 Å². The first kappa shape index (κ1) is 9.77. The number of hydrogen-bond acceptors (Lipinski definition) is 3. The molecular weight excluding hydrogens is 168 g/mol. The van der Waals surface area contributed by atoms with Crippen LogP contribution < -0.4 is 5.32 Å². The third kappa shape index (κ3) is 2.89. The molecule has 72 valence electrons. The van der Waals surface area contributed by atoms with Crippen molar-refractivity contribution < 1.29 is 9.32 Å². The topological polar surface area (TPSA) is 55.1 Å². The number of nitrogens with one attached hydrogen (secondary N) is 1. The lowest BCUT2D eigenvalue weighted by Crippen LogP contribution is -2.40. The second-order valence-electron chi connectivity index (χ2n) is 4.03. The van der Waals surface area contributed by atoms with Crippen molar-refractivity contribution in [3.8, 4) is 0 Å². The highest BCUT2D eigenvalue weighted by Gasteiger charge is 2.17. The first-order valence-corrected chi connectivity index (χ1v) is 4.14. The third-order valence-electron chi connectivity index (χ3n) is 1.35. The molecule has 0 bridgehead atoms. The van der Waals surface area contributed by atoms with E-state index in [1.54, 1.807) is 13.0 Å². The molecule has 0 aromatic carbocycles. The third-order valence-corrected chi connectivity index (χ3v) is 1.35. The Hall–Kier alpha value is -1.32. The van der Waals surface area contributed by atoms with Gasteiger partial charge in [-0.05, 0) is 27.7 Å². The molecule has 0 unspecified atom stereocenters. The zero-order chi connectivity index (χ0) is 10.1. The highest BCUT2D eigenvalue weighted by Crippen LogP contribution is 2.04. The summed E-state index contributed by atoms with van der Waals surface area (Å²) in [5, 5.41) is 6.40. The van der Waals surface area contributed by atoms with Crippen molar-refractivity contribution in [1.29, 1.82) is 0 Å². The molecule has 0 aliphatic heterocycles. The van der Waals surface area contributed by atoms with Crippen LogP contribution in [0.5, 0.6) is 0 Å². The molecule has 0 atom stereocenters. The number of aryl methyl sites for hydroxylation is 1. The van der Waals surface area contributed by atoms with Crippen LogP contribution in [0.4, 0.5) is 0 Å². The Labute approximate surface area is 77.3 Å². The minimum Gasteiger partial charge on any atom is -0.361 e. The molecule has 1 rings (SSSR count). The number of nitrogens with zero attached hydrogens (tertiary/aromatic N) is 1. The molecule has 1 amide bonds. The first-order valence-electron chi connectivity index (χ1n) is 4.14. The lowest BCUT2D eigenvalue weighted by atomic mass is 10.1. The second kappa shape index (κ2) is 3.20. The van der Waals surface area contributed by atoms with Gasteiger partial charge in [0, 0.05) is 11.6 Å². The van der Waals surface area contributed by atoms with E-state index in [2.05, 4.69) is 10.5 Å². The van der Waals surface area contributed by atoms with Crippen molar-refractivity contribution in [3.63, 3.8) is 0 Å². The molecule has 4 heteroatoms. The SMILES string of the molecule is Cc1cc(C(=O)NC(C)(C)C)no1. The molecule has 0 aliphatic rings. The number of amides is 1. The van der Waals surface area contributed by atoms with E-state index >= 15 is 0 Å². The van der Waals surface area contributed by atoms with Gasteiger partial charge in [0.1, 0.15) is 5.76 Å². The Morgan fingerprint density at radius 3 is 2.54 bits per heavy atom. The average Bonchev–Trinajstić information content (AvgIpc) is 2.31. The zero-order valence-electron chi connectivity index (χ0n) is 8.34. The molecular formula is C9H14N2O2. The van der Waals surface area contributed by atoms with Crippen LogP contribution in [0.3, 0.4) is 0 Å². The molecule has 0 spiro atoms. The van der Waals surface area contributed by atoms with Gasteiger partial charge in [0.2, 0.25) is 0 Å². The summed E-state index contributed by atoms with van der Waals surface area (Å²) in [6.07, 6.45) is 0. The molecule has 1 heterocycles. The predicted molar refractivity (Wildman–Crippen MR) is 48.5 cm³/mol. The lowest BCUT2D eigenvalue weighted by molar-refractivity contribution is 0.0910. The molecule has 0 saturated carbocycles. The van der Waals surface area contributed by atoms with Crippen molar-refractivity contribution >= 4 is 5.91 Å². The maximum absolute atomic E-state index is 11.4. The van der Waals surface area contributed by atoms with Crippen LogP contribution in [0.15, 0.2) is 10.6 Å². The smallest absolute Gasteiger partial charge is 0.273 e. The van der Waals surface area contributed by atoms with Crippen molar-refractivity contribution in [2.45, 2.75) is 33.2 Å². The van der Waals surface area contributed by atoms with Crippen molar-refractivity contribution in [2.75, 3.05) is 0 Å². The summed E-state index contributed by atoms with van der Waals surface area (Å²) in [5.41, 5.74) is 0.0802. The van der Waals surface area contributed by atoms with Crippen LogP contribution in [0, 0.1) is 6.92 Å². The summed E-state index contributed by atoms with van der Waals surface area (Å²) in [7, 11) is 0. The van der Waals surface area contributed by atoms with E-state index in [-0.39, 0.29) is 11.4 Å². The lowest BCUT2D eigenvalue weighted by Gasteiger charge is -2.19. The Morgan fingerprint density at radius 1 is 1.54 bits per heavy atom. The second-order valence-corrected chi connectivity index (χ2v) is 4.03. The van der Waals surface area contributed by atoms with Gasteiger partial charge in [-0.25, -0.2) is 0 Å². The summed E-state index contributed by atoms with van der Waals surface area (Å²) in [6, 6.07) is 1.61. The fourth-order valence-electron chi connectivity index (χ4n) is 0.878. The highest BCUT2D eigenvalue weighted by molar-refractivity contribution is 5.92. The van der Waals surface area contributed by atoms with E-state index in [1.807, 2.05) is 20.8 Å². The van der Waals surface area contributed by atoms with E-state index in [4.69, 9.17) is 4.52 Å². The molecule has 1 aromatic heterocycles. The van der Waals surface area contributed by atoms with Gasteiger partial charge >= 0.3 is 0 Å². The number of aromatic nitrogens is 1. The fourth-order valence-corrected chi connectivity index (χ4v) is 0.878. The van der Waals surface area contributed by atoms with Crippen LogP contribution in [0.1, 0.15) is 37.0 Å².